The van der Waals surface area contributed by atoms with Gasteiger partial charge in [0.2, 0.25) is 5.91 Å². The molecule has 0 radical (unpaired) electrons. The van der Waals surface area contributed by atoms with E-state index in [2.05, 4.69) is 15.3 Å². The van der Waals surface area contributed by atoms with E-state index in [1.807, 2.05) is 23.1 Å². The van der Waals surface area contributed by atoms with Crippen molar-refractivity contribution in [1.82, 2.24) is 20.0 Å². The van der Waals surface area contributed by atoms with Gasteiger partial charge in [-0.1, -0.05) is 6.42 Å². The van der Waals surface area contributed by atoms with Crippen LogP contribution in [0.3, 0.4) is 0 Å². The van der Waals surface area contributed by atoms with Crippen molar-refractivity contribution in [3.63, 3.8) is 0 Å². The molecule has 3 fully saturated rings. The second kappa shape index (κ2) is 8.54. The van der Waals surface area contributed by atoms with E-state index in [1.165, 1.54) is 32.1 Å². The number of aromatic nitrogens is 2. The second-order valence-electron chi connectivity index (χ2n) is 8.06. The first-order valence-corrected chi connectivity index (χ1v) is 9.77. The summed E-state index contributed by atoms with van der Waals surface area (Å²) in [5.41, 5.74) is 0. The molecule has 6 heteroatoms. The minimum atomic E-state index is 0. The summed E-state index contributed by atoms with van der Waals surface area (Å²) < 4.78 is 2.01. The molecule has 1 N–H and O–H groups in total. The van der Waals surface area contributed by atoms with Crippen LogP contribution in [0.4, 0.5) is 0 Å². The Morgan fingerprint density at radius 2 is 2.00 bits per heavy atom. The number of aryl methyl sites for hydroxylation is 1. The number of carbonyl (C=O) groups is 1. The first kappa shape index (κ1) is 18.7. The van der Waals surface area contributed by atoms with Crippen molar-refractivity contribution in [3.8, 4) is 0 Å². The van der Waals surface area contributed by atoms with Gasteiger partial charge in [0.05, 0.1) is 0 Å². The summed E-state index contributed by atoms with van der Waals surface area (Å²) in [6.45, 7) is 4.29. The molecule has 0 aromatic carbocycles. The van der Waals surface area contributed by atoms with Gasteiger partial charge in [0.1, 0.15) is 0 Å². The van der Waals surface area contributed by atoms with Crippen LogP contribution in [-0.2, 0) is 11.3 Å². The molecule has 0 unspecified atom stereocenters. The maximum atomic E-state index is 12.3. The van der Waals surface area contributed by atoms with E-state index >= 15 is 0 Å². The molecular weight excluding hydrogens is 336 g/mol. The molecule has 1 amide bonds. The SMILES string of the molecule is Cl.O=C(CC1CCC1)N[C@H]1CN(CCCn2cccn2)C[C@@H]1C1CC1. The summed E-state index contributed by atoms with van der Waals surface area (Å²) in [5.74, 6) is 2.50. The molecule has 2 atom stereocenters. The highest BCUT2D eigenvalue weighted by atomic mass is 35.5. The quantitative estimate of drug-likeness (QED) is 0.769. The van der Waals surface area contributed by atoms with Crippen molar-refractivity contribution >= 4 is 18.3 Å². The minimum Gasteiger partial charge on any atom is -0.352 e. The Bertz CT molecular complexity index is 542. The first-order valence-electron chi connectivity index (χ1n) is 9.77. The number of likely N-dealkylation sites (tertiary alicyclic amines) is 1. The zero-order chi connectivity index (χ0) is 16.4. The molecule has 2 heterocycles. The number of nitrogens with zero attached hydrogens (tertiary/aromatic N) is 3. The summed E-state index contributed by atoms with van der Waals surface area (Å²) in [5, 5.41) is 7.66. The number of amides is 1. The summed E-state index contributed by atoms with van der Waals surface area (Å²) >= 11 is 0. The molecule has 2 aliphatic carbocycles. The molecule has 3 aliphatic rings. The van der Waals surface area contributed by atoms with Crippen molar-refractivity contribution in [1.29, 1.82) is 0 Å². The Balaban J connectivity index is 0.00000182. The van der Waals surface area contributed by atoms with Crippen LogP contribution in [0.15, 0.2) is 18.5 Å². The lowest BCUT2D eigenvalue weighted by Gasteiger charge is -2.26. The standard InChI is InChI=1S/C19H30N4O.ClH/c24-19(12-15-4-1-5-15)21-18-14-22(13-17(18)16-6-7-16)9-3-11-23-10-2-8-20-23;/h2,8,10,15-18H,1,3-7,9,11-14H2,(H,21,24);1H/t17-,18+;/m1./s1. The predicted octanol–water partition coefficient (Wildman–Crippen LogP) is 2.71. The predicted molar refractivity (Wildman–Crippen MR) is 101 cm³/mol. The molecular formula is C19H31ClN4O. The minimum absolute atomic E-state index is 0. The largest absolute Gasteiger partial charge is 0.352 e. The number of hydrogen-bond acceptors (Lipinski definition) is 3. The van der Waals surface area contributed by atoms with Gasteiger partial charge in [-0.3, -0.25) is 9.48 Å². The number of hydrogen-bond donors (Lipinski definition) is 1. The highest BCUT2D eigenvalue weighted by Crippen LogP contribution is 2.41. The molecule has 5 nitrogen and oxygen atoms in total. The van der Waals surface area contributed by atoms with Gasteiger partial charge in [-0.25, -0.2) is 0 Å². The van der Waals surface area contributed by atoms with E-state index in [-0.39, 0.29) is 12.4 Å². The Morgan fingerprint density at radius 1 is 1.16 bits per heavy atom. The van der Waals surface area contributed by atoms with Gasteiger partial charge >= 0.3 is 0 Å². The van der Waals surface area contributed by atoms with Gasteiger partial charge in [0.25, 0.3) is 0 Å². The maximum absolute atomic E-state index is 12.3. The fourth-order valence-electron chi connectivity index (χ4n) is 4.36. The van der Waals surface area contributed by atoms with Crippen LogP contribution in [0.25, 0.3) is 0 Å². The summed E-state index contributed by atoms with van der Waals surface area (Å²) in [7, 11) is 0. The third-order valence-electron chi connectivity index (χ3n) is 6.13. The van der Waals surface area contributed by atoms with Gasteiger partial charge in [-0.05, 0) is 62.5 Å². The van der Waals surface area contributed by atoms with Gasteiger partial charge in [-0.15, -0.1) is 12.4 Å². The van der Waals surface area contributed by atoms with Crippen molar-refractivity contribution in [3.05, 3.63) is 18.5 Å². The van der Waals surface area contributed by atoms with Gasteiger partial charge in [0, 0.05) is 44.5 Å². The van der Waals surface area contributed by atoms with Crippen LogP contribution in [0, 0.1) is 17.8 Å². The highest BCUT2D eigenvalue weighted by molar-refractivity contribution is 5.85. The van der Waals surface area contributed by atoms with E-state index in [4.69, 9.17) is 0 Å². The monoisotopic (exact) mass is 366 g/mol. The molecule has 0 spiro atoms. The van der Waals surface area contributed by atoms with Crippen molar-refractivity contribution in [2.24, 2.45) is 17.8 Å². The molecule has 25 heavy (non-hydrogen) atoms. The maximum Gasteiger partial charge on any atom is 0.220 e. The van der Waals surface area contributed by atoms with Crippen LogP contribution in [0.2, 0.25) is 0 Å². The normalized spacial score (nSPS) is 26.9. The Hall–Kier alpha value is -1.07. The summed E-state index contributed by atoms with van der Waals surface area (Å²) in [6.07, 6.45) is 12.3. The number of carbonyl (C=O) groups excluding carboxylic acids is 1. The average Bonchev–Trinajstić information content (AvgIpc) is 3.09. The smallest absolute Gasteiger partial charge is 0.220 e. The fraction of sp³-hybridized carbons (Fsp3) is 0.789. The molecule has 4 rings (SSSR count). The third-order valence-corrected chi connectivity index (χ3v) is 6.13. The Morgan fingerprint density at radius 3 is 2.64 bits per heavy atom. The van der Waals surface area contributed by atoms with Crippen LogP contribution >= 0.6 is 12.4 Å². The van der Waals surface area contributed by atoms with E-state index in [9.17, 15) is 4.79 Å². The zero-order valence-electron chi connectivity index (χ0n) is 15.0. The van der Waals surface area contributed by atoms with Crippen LogP contribution < -0.4 is 5.32 Å². The molecule has 0 bridgehead atoms. The molecule has 1 saturated heterocycles. The van der Waals surface area contributed by atoms with Crippen LogP contribution in [-0.4, -0.2) is 46.3 Å². The second-order valence-corrected chi connectivity index (χ2v) is 8.06. The van der Waals surface area contributed by atoms with Crippen molar-refractivity contribution < 1.29 is 4.79 Å². The number of rotatable bonds is 8. The number of nitrogens with one attached hydrogen (secondary N) is 1. The van der Waals surface area contributed by atoms with E-state index in [0.29, 0.717) is 23.8 Å². The highest BCUT2D eigenvalue weighted by Gasteiger charge is 2.42. The van der Waals surface area contributed by atoms with Crippen molar-refractivity contribution in [2.45, 2.75) is 57.5 Å². The van der Waals surface area contributed by atoms with Gasteiger partial charge < -0.3 is 10.2 Å². The molecule has 1 aromatic rings. The lowest BCUT2D eigenvalue weighted by atomic mass is 9.82. The van der Waals surface area contributed by atoms with Crippen molar-refractivity contribution in [2.75, 3.05) is 19.6 Å². The lowest BCUT2D eigenvalue weighted by Crippen LogP contribution is -2.42. The van der Waals surface area contributed by atoms with Crippen LogP contribution in [0.1, 0.15) is 44.9 Å². The Labute approximate surface area is 156 Å². The summed E-state index contributed by atoms with van der Waals surface area (Å²) in [4.78, 5) is 14.9. The third kappa shape index (κ3) is 4.98. The molecule has 1 aliphatic heterocycles. The molecule has 140 valence electrons. The van der Waals surface area contributed by atoms with Crippen LogP contribution in [0.5, 0.6) is 0 Å². The van der Waals surface area contributed by atoms with Gasteiger partial charge in [-0.2, -0.15) is 5.10 Å². The zero-order valence-corrected chi connectivity index (χ0v) is 15.8. The topological polar surface area (TPSA) is 50.2 Å². The Kier molecular flexibility index (Phi) is 6.39. The lowest BCUT2D eigenvalue weighted by molar-refractivity contribution is -0.123. The molecule has 2 saturated carbocycles. The van der Waals surface area contributed by atoms with E-state index in [0.717, 1.165) is 44.9 Å². The molecule has 1 aromatic heterocycles. The fourth-order valence-corrected chi connectivity index (χ4v) is 4.36. The van der Waals surface area contributed by atoms with Gasteiger partial charge in [0.15, 0.2) is 0 Å². The van der Waals surface area contributed by atoms with E-state index in [1.54, 1.807) is 0 Å². The summed E-state index contributed by atoms with van der Waals surface area (Å²) in [6, 6.07) is 2.36. The number of halogens is 1. The average molecular weight is 367 g/mol. The van der Waals surface area contributed by atoms with E-state index < -0.39 is 0 Å². The first-order chi connectivity index (χ1) is 11.8.